The van der Waals surface area contributed by atoms with E-state index in [4.69, 9.17) is 31.5 Å². The first-order valence-corrected chi connectivity index (χ1v) is 38.8. The Bertz CT molecular complexity index is 6710. The highest BCUT2D eigenvalue weighted by Crippen LogP contribution is 2.51. The van der Waals surface area contributed by atoms with Crippen molar-refractivity contribution >= 4 is 84.7 Å². The number of hydrogen-bond acceptors (Lipinski definition) is 8. The Balaban J connectivity index is 0.832. The van der Waals surface area contributed by atoms with Gasteiger partial charge in [-0.05, 0) is 181 Å². The third kappa shape index (κ3) is 12.2. The fourth-order valence-electron chi connectivity index (χ4n) is 17.0. The van der Waals surface area contributed by atoms with Gasteiger partial charge in [0.2, 0.25) is 0 Å². The third-order valence-electron chi connectivity index (χ3n) is 22.4. The Morgan fingerprint density at radius 1 is 0.276 bits per heavy atom. The fourth-order valence-corrected chi connectivity index (χ4v) is 17.0. The maximum atomic E-state index is 11.1. The molecule has 0 spiro atoms. The second-order valence-corrected chi connectivity index (χ2v) is 29.3. The summed E-state index contributed by atoms with van der Waals surface area (Å²) in [6.07, 6.45) is 0. The number of nitrogens with zero attached hydrogens (tertiary/aromatic N) is 10. The van der Waals surface area contributed by atoms with E-state index in [0.29, 0.717) is 34.5 Å². The minimum absolute atomic E-state index is 0.348. The number of benzene rings is 16. The van der Waals surface area contributed by atoms with Crippen molar-refractivity contribution in [3.05, 3.63) is 411 Å². The number of aromatic nitrogens is 6. The van der Waals surface area contributed by atoms with E-state index in [0.717, 1.165) is 178 Å². The molecule has 0 atom stereocenters. The second kappa shape index (κ2) is 28.7. The Morgan fingerprint density at radius 2 is 0.681 bits per heavy atom. The van der Waals surface area contributed by atoms with E-state index >= 15 is 0 Å². The topological polar surface area (TPSA) is 104 Å². The van der Waals surface area contributed by atoms with Crippen molar-refractivity contribution in [2.24, 2.45) is 0 Å². The van der Waals surface area contributed by atoms with Crippen LogP contribution in [0.5, 0.6) is 0 Å². The number of anilines is 6. The molecular formula is C105H65BN10. The predicted molar refractivity (Wildman–Crippen MR) is 475 cm³/mol. The molecule has 0 fully saturated rings. The zero-order valence-corrected chi connectivity index (χ0v) is 62.6. The van der Waals surface area contributed by atoms with Crippen LogP contribution in [0.15, 0.2) is 394 Å². The predicted octanol–water partition coefficient (Wildman–Crippen LogP) is 24.6. The number of rotatable bonds is 14. The molecule has 0 saturated heterocycles. The molecular weight excluding hydrogens is 1410 g/mol. The van der Waals surface area contributed by atoms with Gasteiger partial charge in [-0.15, -0.1) is 0 Å². The van der Waals surface area contributed by atoms with E-state index in [2.05, 4.69) is 310 Å². The minimum atomic E-state index is -0.348. The first kappa shape index (κ1) is 68.1. The van der Waals surface area contributed by atoms with Crippen LogP contribution in [-0.4, -0.2) is 36.2 Å². The van der Waals surface area contributed by atoms with E-state index in [1.54, 1.807) is 0 Å². The molecule has 0 N–H and O–H groups in total. The molecule has 3 aromatic heterocycles. The third-order valence-corrected chi connectivity index (χ3v) is 22.4. The van der Waals surface area contributed by atoms with Gasteiger partial charge in [0, 0.05) is 78.3 Å². The van der Waals surface area contributed by atoms with Crippen molar-refractivity contribution in [3.8, 4) is 135 Å². The molecule has 538 valence electrons. The second-order valence-electron chi connectivity index (χ2n) is 29.3. The summed E-state index contributed by atoms with van der Waals surface area (Å²) < 4.78 is 2.35. The van der Waals surface area contributed by atoms with Crippen molar-refractivity contribution in [1.29, 1.82) is 5.26 Å². The summed E-state index contributed by atoms with van der Waals surface area (Å²) in [6.45, 7) is 8.34. The minimum Gasteiger partial charge on any atom is -0.313 e. The van der Waals surface area contributed by atoms with Crippen molar-refractivity contribution in [1.82, 2.24) is 29.5 Å². The first-order chi connectivity index (χ1) is 57.4. The molecule has 0 bridgehead atoms. The summed E-state index contributed by atoms with van der Waals surface area (Å²) in [4.78, 5) is 35.9. The molecule has 2 aliphatic rings. The van der Waals surface area contributed by atoms with E-state index < -0.39 is 0 Å². The lowest BCUT2D eigenvalue weighted by Gasteiger charge is -2.45. The largest absolute Gasteiger partial charge is 0.313 e. The van der Waals surface area contributed by atoms with E-state index in [9.17, 15) is 5.26 Å². The van der Waals surface area contributed by atoms with Crippen LogP contribution in [0.4, 0.5) is 39.8 Å². The van der Waals surface area contributed by atoms with Gasteiger partial charge in [-0.3, -0.25) is 0 Å². The van der Waals surface area contributed by atoms with Gasteiger partial charge in [-0.2, -0.15) is 5.26 Å². The van der Waals surface area contributed by atoms with Gasteiger partial charge >= 0.3 is 0 Å². The summed E-state index contributed by atoms with van der Waals surface area (Å²) in [5, 5.41) is 13.1. The lowest BCUT2D eigenvalue weighted by atomic mass is 9.33. The SMILES string of the molecule is [C-]#[N+]c1ccc2c(c1)N(c1cc(-c3ccccc3)cc(-c3ccccc3)c1)c1cc(-c3ccc4c(c3)c3ccccc3n4-c3ccc(-c4nc(-c5ccccc5)cc(-c5ccccc5)n4)cc3-c3nc(-c4ccccc4)nc(-c4ccccc4)n3)cc3c1B2c1ccc(C#N)cc1N3c1cc(-c2ccccc2)cc(-c2ccccc2)c1. The molecule has 16 aromatic carbocycles. The number of hydrogen-bond donors (Lipinski definition) is 0. The van der Waals surface area contributed by atoms with Crippen LogP contribution in [0.3, 0.4) is 0 Å². The van der Waals surface area contributed by atoms with Crippen LogP contribution >= 0.6 is 0 Å². The van der Waals surface area contributed by atoms with Crippen LogP contribution in [0, 0.1) is 17.9 Å². The van der Waals surface area contributed by atoms with E-state index in [1.165, 1.54) is 0 Å². The van der Waals surface area contributed by atoms with Gasteiger partial charge < -0.3 is 14.4 Å². The molecule has 10 nitrogen and oxygen atoms in total. The Morgan fingerprint density at radius 3 is 1.16 bits per heavy atom. The van der Waals surface area contributed by atoms with Gasteiger partial charge in [-0.25, -0.2) is 29.8 Å². The van der Waals surface area contributed by atoms with Crippen LogP contribution < -0.4 is 26.2 Å². The highest BCUT2D eigenvalue weighted by atomic mass is 15.2. The fraction of sp³-hybridized carbons (Fsp3) is 0. The van der Waals surface area contributed by atoms with Crippen molar-refractivity contribution < 1.29 is 0 Å². The normalized spacial score (nSPS) is 11.9. The highest BCUT2D eigenvalue weighted by molar-refractivity contribution is 7.00. The molecule has 21 rings (SSSR count). The van der Waals surface area contributed by atoms with E-state index in [-0.39, 0.29) is 6.71 Å². The smallest absolute Gasteiger partial charge is 0.251 e. The Hall–Kier alpha value is -15.9. The van der Waals surface area contributed by atoms with Crippen molar-refractivity contribution in [2.45, 2.75) is 0 Å². The first-order valence-electron chi connectivity index (χ1n) is 38.8. The molecule has 5 heterocycles. The molecule has 116 heavy (non-hydrogen) atoms. The van der Waals surface area contributed by atoms with Crippen LogP contribution in [0.25, 0.3) is 156 Å². The molecule has 11 heteroatoms. The molecule has 0 saturated carbocycles. The molecule has 2 aliphatic heterocycles. The molecule has 0 amide bonds. The zero-order chi connectivity index (χ0) is 77.2. The summed E-state index contributed by atoms with van der Waals surface area (Å²) in [5.74, 6) is 2.08. The lowest BCUT2D eigenvalue weighted by molar-refractivity contribution is 1.06. The van der Waals surface area contributed by atoms with Crippen molar-refractivity contribution in [3.63, 3.8) is 0 Å². The van der Waals surface area contributed by atoms with Gasteiger partial charge in [0.1, 0.15) is 0 Å². The molecule has 19 aromatic rings. The average molecular weight is 1480 g/mol. The lowest BCUT2D eigenvalue weighted by Crippen LogP contribution is -2.61. The highest BCUT2D eigenvalue weighted by Gasteiger charge is 2.44. The maximum absolute atomic E-state index is 11.1. The summed E-state index contributed by atoms with van der Waals surface area (Å²) >= 11 is 0. The standard InChI is InChI=1S/C105H65BN10/c1-108-84-49-51-91-98(65-84)115(86-59-81(71-32-14-4-15-33-71)56-82(60-86)72-34-16-5-17-35-72)100-64-83(63-99-101(100)106(91)90-50-46-68(67-107)54-97(90)114(99)85-57-79(69-28-10-2-11-29-69)55-80(58-85)70-30-12-3-13-31-70)77-47-52-95-88(61-77)87-44-26-27-45-94(87)116(95)96-53-48-78(104-109-92(73-36-18-6-19-37-73)66-93(110-104)74-38-20-7-21-39-74)62-89(96)105-112-102(75-40-22-8-23-41-75)111-103(113-105)76-42-24-9-25-43-76/h2-66H. The van der Waals surface area contributed by atoms with Gasteiger partial charge in [0.15, 0.2) is 29.0 Å². The summed E-state index contributed by atoms with van der Waals surface area (Å²) in [6, 6.07) is 141. The molecule has 0 aliphatic carbocycles. The summed E-state index contributed by atoms with van der Waals surface area (Å²) in [7, 11) is 0. The Labute approximate surface area is 671 Å². The van der Waals surface area contributed by atoms with E-state index in [1.807, 2.05) is 109 Å². The van der Waals surface area contributed by atoms with Gasteiger partial charge in [0.05, 0.1) is 46.3 Å². The van der Waals surface area contributed by atoms with Crippen molar-refractivity contribution in [2.75, 3.05) is 9.80 Å². The molecule has 0 radical (unpaired) electrons. The Kier molecular flexibility index (Phi) is 16.9. The average Bonchev–Trinajstić information content (AvgIpc) is 0.773. The van der Waals surface area contributed by atoms with Crippen LogP contribution in [0.2, 0.25) is 0 Å². The summed E-state index contributed by atoms with van der Waals surface area (Å²) in [5.41, 5.74) is 29.6. The monoisotopic (exact) mass is 1480 g/mol. The van der Waals surface area contributed by atoms with Gasteiger partial charge in [-0.1, -0.05) is 285 Å². The van der Waals surface area contributed by atoms with Crippen LogP contribution in [0.1, 0.15) is 5.56 Å². The quantitative estimate of drug-likeness (QED) is 0.0783. The number of para-hydroxylation sites is 1. The number of fused-ring (bicyclic) bond motifs is 7. The number of nitriles is 1. The van der Waals surface area contributed by atoms with Gasteiger partial charge in [0.25, 0.3) is 6.71 Å². The van der Waals surface area contributed by atoms with Crippen LogP contribution in [-0.2, 0) is 0 Å². The molecule has 0 unspecified atom stereocenters. The zero-order valence-electron chi connectivity index (χ0n) is 62.6. The maximum Gasteiger partial charge on any atom is 0.251 e.